The summed E-state index contributed by atoms with van der Waals surface area (Å²) in [6, 6.07) is 5.36. The van der Waals surface area contributed by atoms with Gasteiger partial charge in [-0.3, -0.25) is 9.59 Å². The highest BCUT2D eigenvalue weighted by Crippen LogP contribution is 2.32. The van der Waals surface area contributed by atoms with Crippen LogP contribution in [0.15, 0.2) is 24.3 Å². The van der Waals surface area contributed by atoms with Gasteiger partial charge in [0.2, 0.25) is 0 Å². The van der Waals surface area contributed by atoms with Gasteiger partial charge in [0.15, 0.2) is 0 Å². The van der Waals surface area contributed by atoms with Crippen molar-refractivity contribution in [2.24, 2.45) is 5.92 Å². The molecular formula is C20H21F3N2O4S. The van der Waals surface area contributed by atoms with Crippen LogP contribution in [0.4, 0.5) is 13.2 Å². The molecule has 162 valence electrons. The maximum Gasteiger partial charge on any atom is 0.573 e. The average Bonchev–Trinajstić information content (AvgIpc) is 3.08. The number of aryl methyl sites for hydroxylation is 1. The summed E-state index contributed by atoms with van der Waals surface area (Å²) < 4.78 is 45.8. The minimum Gasteiger partial charge on any atom is -0.466 e. The number of nitrogens with zero attached hydrogens (tertiary/aromatic N) is 2. The molecule has 0 atom stereocenters. The predicted octanol–water partition coefficient (Wildman–Crippen LogP) is 4.43. The van der Waals surface area contributed by atoms with Crippen LogP contribution in [-0.2, 0) is 9.53 Å². The number of hydrogen-bond acceptors (Lipinski definition) is 6. The smallest absolute Gasteiger partial charge is 0.466 e. The molecule has 0 spiro atoms. The number of ether oxygens (including phenoxy) is 2. The van der Waals surface area contributed by atoms with E-state index in [1.54, 1.807) is 18.7 Å². The number of piperidine rings is 1. The molecule has 0 N–H and O–H groups in total. The van der Waals surface area contributed by atoms with Gasteiger partial charge in [-0.1, -0.05) is 0 Å². The van der Waals surface area contributed by atoms with Gasteiger partial charge in [-0.15, -0.1) is 24.5 Å². The van der Waals surface area contributed by atoms with E-state index in [1.807, 2.05) is 0 Å². The first-order valence-electron chi connectivity index (χ1n) is 9.47. The number of amides is 1. The van der Waals surface area contributed by atoms with Crippen molar-refractivity contribution in [3.05, 3.63) is 34.8 Å². The van der Waals surface area contributed by atoms with E-state index >= 15 is 0 Å². The number of hydrogen-bond donors (Lipinski definition) is 0. The zero-order valence-electron chi connectivity index (χ0n) is 16.5. The van der Waals surface area contributed by atoms with E-state index < -0.39 is 6.36 Å². The van der Waals surface area contributed by atoms with E-state index in [0.29, 0.717) is 53.7 Å². The molecule has 1 aliphatic rings. The largest absolute Gasteiger partial charge is 0.573 e. The number of alkyl halides is 3. The van der Waals surface area contributed by atoms with Crippen LogP contribution >= 0.6 is 11.3 Å². The van der Waals surface area contributed by atoms with E-state index in [1.165, 1.54) is 35.6 Å². The number of carbonyl (C=O) groups excluding carboxylic acids is 2. The molecule has 1 fully saturated rings. The van der Waals surface area contributed by atoms with E-state index in [2.05, 4.69) is 9.72 Å². The lowest BCUT2D eigenvalue weighted by Gasteiger charge is -2.30. The lowest BCUT2D eigenvalue weighted by Crippen LogP contribution is -2.40. The maximum absolute atomic E-state index is 12.9. The van der Waals surface area contributed by atoms with E-state index in [-0.39, 0.29) is 23.5 Å². The third-order valence-corrected chi connectivity index (χ3v) is 5.92. The van der Waals surface area contributed by atoms with Crippen LogP contribution in [0.1, 0.15) is 35.1 Å². The Kier molecular flexibility index (Phi) is 6.64. The Morgan fingerprint density at radius 3 is 2.40 bits per heavy atom. The van der Waals surface area contributed by atoms with Crippen molar-refractivity contribution in [2.45, 2.75) is 33.1 Å². The van der Waals surface area contributed by atoms with Gasteiger partial charge >= 0.3 is 12.3 Å². The highest BCUT2D eigenvalue weighted by atomic mass is 32.1. The summed E-state index contributed by atoms with van der Waals surface area (Å²) in [7, 11) is 0. The Balaban J connectivity index is 1.67. The first-order valence-corrected chi connectivity index (χ1v) is 10.3. The van der Waals surface area contributed by atoms with Crippen LogP contribution in [0.2, 0.25) is 0 Å². The number of esters is 1. The number of likely N-dealkylation sites (tertiary alicyclic amines) is 1. The van der Waals surface area contributed by atoms with Crippen LogP contribution in [0.25, 0.3) is 10.6 Å². The minimum atomic E-state index is -4.75. The quantitative estimate of drug-likeness (QED) is 0.641. The summed E-state index contributed by atoms with van der Waals surface area (Å²) in [5, 5.41) is 0.538. The van der Waals surface area contributed by atoms with Crippen LogP contribution in [-0.4, -0.2) is 47.8 Å². The van der Waals surface area contributed by atoms with Gasteiger partial charge in [0.05, 0.1) is 18.2 Å². The van der Waals surface area contributed by atoms with Crippen LogP contribution < -0.4 is 4.74 Å². The SMILES string of the molecule is CCOC(=O)C1CCN(C(=O)c2sc(-c3ccc(OC(F)(F)F)cc3)nc2C)CC1. The summed E-state index contributed by atoms with van der Waals surface area (Å²) in [5.41, 5.74) is 1.15. The van der Waals surface area contributed by atoms with Crippen molar-refractivity contribution in [3.63, 3.8) is 0 Å². The third-order valence-electron chi connectivity index (χ3n) is 4.73. The number of aromatic nitrogens is 1. The maximum atomic E-state index is 12.9. The molecule has 6 nitrogen and oxygen atoms in total. The van der Waals surface area contributed by atoms with Crippen LogP contribution in [0.3, 0.4) is 0 Å². The first kappa shape index (κ1) is 22.1. The molecule has 0 bridgehead atoms. The number of halogens is 3. The zero-order valence-corrected chi connectivity index (χ0v) is 17.3. The van der Waals surface area contributed by atoms with Crippen molar-refractivity contribution in [2.75, 3.05) is 19.7 Å². The molecule has 1 amide bonds. The van der Waals surface area contributed by atoms with Crippen molar-refractivity contribution >= 4 is 23.2 Å². The molecule has 1 aromatic heterocycles. The normalized spacial score (nSPS) is 15.2. The number of thiazole rings is 1. The summed E-state index contributed by atoms with van der Waals surface area (Å²) in [6.45, 7) is 4.73. The second-order valence-corrected chi connectivity index (χ2v) is 7.82. The fraction of sp³-hybridized carbons (Fsp3) is 0.450. The van der Waals surface area contributed by atoms with Gasteiger partial charge in [-0.05, 0) is 51.0 Å². The second-order valence-electron chi connectivity index (χ2n) is 6.82. The lowest BCUT2D eigenvalue weighted by molar-refractivity contribution is -0.274. The van der Waals surface area contributed by atoms with E-state index in [9.17, 15) is 22.8 Å². The van der Waals surface area contributed by atoms with Gasteiger partial charge in [-0.25, -0.2) is 4.98 Å². The molecule has 10 heteroatoms. The molecule has 0 saturated carbocycles. The predicted molar refractivity (Wildman–Crippen MR) is 104 cm³/mol. The van der Waals surface area contributed by atoms with Gasteiger partial charge in [-0.2, -0.15) is 0 Å². The first-order chi connectivity index (χ1) is 14.2. The lowest BCUT2D eigenvalue weighted by atomic mass is 9.97. The molecule has 0 radical (unpaired) electrons. The van der Waals surface area contributed by atoms with E-state index in [0.717, 1.165) is 0 Å². The standard InChI is InChI=1S/C20H21F3N2O4S/c1-3-28-19(27)14-8-10-25(11-9-14)18(26)16-12(2)24-17(30-16)13-4-6-15(7-5-13)29-20(21,22)23/h4-7,14H,3,8-11H2,1-2H3. The molecule has 1 saturated heterocycles. The van der Waals surface area contributed by atoms with Crippen LogP contribution in [0.5, 0.6) is 5.75 Å². The Bertz CT molecular complexity index is 904. The summed E-state index contributed by atoms with van der Waals surface area (Å²) >= 11 is 1.19. The van der Waals surface area contributed by atoms with Gasteiger partial charge in [0.1, 0.15) is 15.6 Å². The molecule has 1 aromatic carbocycles. The molecule has 1 aliphatic heterocycles. The van der Waals surface area contributed by atoms with Gasteiger partial charge < -0.3 is 14.4 Å². The minimum absolute atomic E-state index is 0.157. The van der Waals surface area contributed by atoms with Gasteiger partial charge in [0.25, 0.3) is 5.91 Å². The molecular weight excluding hydrogens is 421 g/mol. The van der Waals surface area contributed by atoms with Crippen molar-refractivity contribution in [1.82, 2.24) is 9.88 Å². The number of carbonyl (C=O) groups is 2. The number of rotatable bonds is 5. The molecule has 0 aliphatic carbocycles. The Labute approximate surface area is 175 Å². The fourth-order valence-corrected chi connectivity index (χ4v) is 4.28. The average molecular weight is 442 g/mol. The topological polar surface area (TPSA) is 68.7 Å². The monoisotopic (exact) mass is 442 g/mol. The molecule has 30 heavy (non-hydrogen) atoms. The summed E-state index contributed by atoms with van der Waals surface area (Å²) in [5.74, 6) is -0.890. The van der Waals surface area contributed by atoms with Crippen molar-refractivity contribution in [1.29, 1.82) is 0 Å². The third kappa shape index (κ3) is 5.29. The van der Waals surface area contributed by atoms with Crippen molar-refractivity contribution in [3.8, 4) is 16.3 Å². The Morgan fingerprint density at radius 1 is 1.20 bits per heavy atom. The molecule has 0 unspecified atom stereocenters. The summed E-state index contributed by atoms with van der Waals surface area (Å²) in [4.78, 5) is 31.3. The molecule has 3 rings (SSSR count). The van der Waals surface area contributed by atoms with Gasteiger partial charge in [0, 0.05) is 18.7 Å². The Hall–Kier alpha value is -2.62. The van der Waals surface area contributed by atoms with Crippen LogP contribution in [0, 0.1) is 12.8 Å². The highest BCUT2D eigenvalue weighted by molar-refractivity contribution is 7.17. The van der Waals surface area contributed by atoms with E-state index in [4.69, 9.17) is 4.74 Å². The highest BCUT2D eigenvalue weighted by Gasteiger charge is 2.32. The zero-order chi connectivity index (χ0) is 21.9. The Morgan fingerprint density at radius 2 is 1.83 bits per heavy atom. The second kappa shape index (κ2) is 9.03. The molecule has 2 aromatic rings. The number of benzene rings is 1. The molecule has 2 heterocycles. The fourth-order valence-electron chi connectivity index (χ4n) is 3.24. The van der Waals surface area contributed by atoms with Crippen molar-refractivity contribution < 1.29 is 32.2 Å². The summed E-state index contributed by atoms with van der Waals surface area (Å²) in [6.07, 6.45) is -3.65.